The Kier molecular flexibility index (Phi) is 4.29. The molecule has 12 heavy (non-hydrogen) atoms. The summed E-state index contributed by atoms with van der Waals surface area (Å²) in [6.07, 6.45) is 1.80. The Morgan fingerprint density at radius 3 is 2.42 bits per heavy atom. The molecule has 1 heterocycles. The van der Waals surface area contributed by atoms with Crippen molar-refractivity contribution >= 4 is 5.82 Å². The summed E-state index contributed by atoms with van der Waals surface area (Å²) in [6.45, 7) is 0.556. The Morgan fingerprint density at radius 2 is 2.08 bits per heavy atom. The summed E-state index contributed by atoms with van der Waals surface area (Å²) >= 11 is 0. The molecule has 0 aliphatic rings. The second-order valence-electron chi connectivity index (χ2n) is 2.62. The molecular formula is C9H17N3. The third-order valence-electron chi connectivity index (χ3n) is 1.50. The number of anilines is 1. The molecular weight excluding hydrogens is 150 g/mol. The Labute approximate surface area is 74.2 Å². The van der Waals surface area contributed by atoms with Gasteiger partial charge in [-0.15, -0.1) is 0 Å². The number of nitrogens with zero attached hydrogens (tertiary/aromatic N) is 2. The Bertz CT molecular complexity index is 216. The van der Waals surface area contributed by atoms with Crippen LogP contribution in [0, 0.1) is 0 Å². The van der Waals surface area contributed by atoms with Crippen LogP contribution in [-0.2, 0) is 6.54 Å². The predicted molar refractivity (Wildman–Crippen MR) is 53.2 cm³/mol. The molecule has 0 spiro atoms. The zero-order valence-electron chi connectivity index (χ0n) is 6.91. The van der Waals surface area contributed by atoms with E-state index in [4.69, 9.17) is 5.73 Å². The third-order valence-corrected chi connectivity index (χ3v) is 1.50. The highest BCUT2D eigenvalue weighted by Gasteiger charge is 1.94. The molecule has 0 atom stereocenters. The quantitative estimate of drug-likeness (QED) is 0.720. The molecule has 0 aliphatic heterocycles. The van der Waals surface area contributed by atoms with E-state index in [1.807, 2.05) is 31.1 Å². The molecule has 1 aromatic heterocycles. The number of rotatable bonds is 2. The molecule has 1 rings (SSSR count). The van der Waals surface area contributed by atoms with Crippen molar-refractivity contribution in [3.8, 4) is 0 Å². The molecule has 2 N–H and O–H groups in total. The van der Waals surface area contributed by atoms with Crippen molar-refractivity contribution < 1.29 is 0 Å². The van der Waals surface area contributed by atoms with Gasteiger partial charge in [-0.05, 0) is 11.6 Å². The van der Waals surface area contributed by atoms with Gasteiger partial charge in [-0.1, -0.05) is 13.5 Å². The molecule has 0 bridgehead atoms. The van der Waals surface area contributed by atoms with Crippen LogP contribution in [0.3, 0.4) is 0 Å². The highest BCUT2D eigenvalue weighted by atomic mass is 15.1. The van der Waals surface area contributed by atoms with Crippen molar-refractivity contribution in [1.29, 1.82) is 0 Å². The maximum absolute atomic E-state index is 5.42. The SMILES string of the molecule is C.CN(C)c1ccc(CN)cn1. The van der Waals surface area contributed by atoms with E-state index in [2.05, 4.69) is 4.98 Å². The minimum absolute atomic E-state index is 0. The predicted octanol–water partition coefficient (Wildman–Crippen LogP) is 1.24. The molecule has 0 fully saturated rings. The highest BCUT2D eigenvalue weighted by molar-refractivity contribution is 5.36. The van der Waals surface area contributed by atoms with Gasteiger partial charge in [-0.25, -0.2) is 4.98 Å². The van der Waals surface area contributed by atoms with Gasteiger partial charge < -0.3 is 10.6 Å². The van der Waals surface area contributed by atoms with Crippen LogP contribution in [0.5, 0.6) is 0 Å². The van der Waals surface area contributed by atoms with E-state index < -0.39 is 0 Å². The van der Waals surface area contributed by atoms with Gasteiger partial charge in [-0.3, -0.25) is 0 Å². The van der Waals surface area contributed by atoms with Crippen LogP contribution in [0.25, 0.3) is 0 Å². The van der Waals surface area contributed by atoms with Gasteiger partial charge in [0.1, 0.15) is 5.82 Å². The van der Waals surface area contributed by atoms with E-state index >= 15 is 0 Å². The molecule has 0 aromatic carbocycles. The molecule has 0 saturated heterocycles. The Balaban J connectivity index is 0.00000121. The first-order chi connectivity index (χ1) is 5.24. The minimum atomic E-state index is 0. The van der Waals surface area contributed by atoms with Gasteiger partial charge in [-0.2, -0.15) is 0 Å². The Hall–Kier alpha value is -1.09. The van der Waals surface area contributed by atoms with Crippen LogP contribution in [0.4, 0.5) is 5.82 Å². The number of pyridine rings is 1. The van der Waals surface area contributed by atoms with Gasteiger partial charge in [0.2, 0.25) is 0 Å². The maximum atomic E-state index is 5.42. The second kappa shape index (κ2) is 4.72. The van der Waals surface area contributed by atoms with Crippen molar-refractivity contribution in [2.45, 2.75) is 14.0 Å². The van der Waals surface area contributed by atoms with Gasteiger partial charge in [0, 0.05) is 26.8 Å². The highest BCUT2D eigenvalue weighted by Crippen LogP contribution is 2.06. The van der Waals surface area contributed by atoms with Crippen LogP contribution in [0.2, 0.25) is 0 Å². The standard InChI is InChI=1S/C8H13N3.CH4/c1-11(2)8-4-3-7(5-9)6-10-8;/h3-4,6H,5,9H2,1-2H3;1H4. The lowest BCUT2D eigenvalue weighted by Gasteiger charge is -2.10. The molecule has 0 unspecified atom stereocenters. The fourth-order valence-corrected chi connectivity index (χ4v) is 0.802. The summed E-state index contributed by atoms with van der Waals surface area (Å²) in [4.78, 5) is 6.15. The van der Waals surface area contributed by atoms with E-state index in [1.54, 1.807) is 6.20 Å². The van der Waals surface area contributed by atoms with Crippen molar-refractivity contribution in [3.63, 3.8) is 0 Å². The monoisotopic (exact) mass is 167 g/mol. The summed E-state index contributed by atoms with van der Waals surface area (Å²) in [7, 11) is 3.93. The number of nitrogens with two attached hydrogens (primary N) is 1. The molecule has 3 heteroatoms. The van der Waals surface area contributed by atoms with Crippen molar-refractivity contribution in [3.05, 3.63) is 23.9 Å². The summed E-state index contributed by atoms with van der Waals surface area (Å²) in [5.74, 6) is 0.960. The largest absolute Gasteiger partial charge is 0.363 e. The van der Waals surface area contributed by atoms with Gasteiger partial charge in [0.15, 0.2) is 0 Å². The van der Waals surface area contributed by atoms with Gasteiger partial charge in [0.05, 0.1) is 0 Å². The molecule has 0 saturated carbocycles. The fraction of sp³-hybridized carbons (Fsp3) is 0.444. The summed E-state index contributed by atoms with van der Waals surface area (Å²) in [5, 5.41) is 0. The molecule has 0 amide bonds. The lowest BCUT2D eigenvalue weighted by atomic mass is 10.3. The number of hydrogen-bond acceptors (Lipinski definition) is 3. The minimum Gasteiger partial charge on any atom is -0.363 e. The zero-order chi connectivity index (χ0) is 8.27. The van der Waals surface area contributed by atoms with Crippen molar-refractivity contribution in [2.24, 2.45) is 5.73 Å². The second-order valence-corrected chi connectivity index (χ2v) is 2.62. The molecule has 3 nitrogen and oxygen atoms in total. The fourth-order valence-electron chi connectivity index (χ4n) is 0.802. The molecule has 1 aromatic rings. The molecule has 68 valence electrons. The number of hydrogen-bond donors (Lipinski definition) is 1. The first-order valence-electron chi connectivity index (χ1n) is 3.56. The summed E-state index contributed by atoms with van der Waals surface area (Å²) < 4.78 is 0. The van der Waals surface area contributed by atoms with Crippen LogP contribution in [0.1, 0.15) is 13.0 Å². The van der Waals surface area contributed by atoms with E-state index in [-0.39, 0.29) is 7.43 Å². The lowest BCUT2D eigenvalue weighted by Crippen LogP contribution is -2.10. The van der Waals surface area contributed by atoms with Crippen LogP contribution >= 0.6 is 0 Å². The van der Waals surface area contributed by atoms with Crippen LogP contribution < -0.4 is 10.6 Å². The Morgan fingerprint density at radius 1 is 1.42 bits per heavy atom. The van der Waals surface area contributed by atoms with Crippen molar-refractivity contribution in [2.75, 3.05) is 19.0 Å². The smallest absolute Gasteiger partial charge is 0.127 e. The van der Waals surface area contributed by atoms with Gasteiger partial charge in [0.25, 0.3) is 0 Å². The maximum Gasteiger partial charge on any atom is 0.127 e. The lowest BCUT2D eigenvalue weighted by molar-refractivity contribution is 1.02. The topological polar surface area (TPSA) is 42.1 Å². The summed E-state index contributed by atoms with van der Waals surface area (Å²) in [5.41, 5.74) is 6.49. The normalized spacial score (nSPS) is 8.92. The molecule has 0 radical (unpaired) electrons. The average molecular weight is 167 g/mol. The van der Waals surface area contributed by atoms with Crippen LogP contribution in [0.15, 0.2) is 18.3 Å². The van der Waals surface area contributed by atoms with E-state index in [9.17, 15) is 0 Å². The first kappa shape index (κ1) is 10.9. The zero-order valence-corrected chi connectivity index (χ0v) is 6.91. The summed E-state index contributed by atoms with van der Waals surface area (Å²) in [6, 6.07) is 3.95. The van der Waals surface area contributed by atoms with Crippen LogP contribution in [-0.4, -0.2) is 19.1 Å². The van der Waals surface area contributed by atoms with E-state index in [0.29, 0.717) is 6.54 Å². The van der Waals surface area contributed by atoms with Gasteiger partial charge >= 0.3 is 0 Å². The third kappa shape index (κ3) is 2.51. The van der Waals surface area contributed by atoms with Crippen molar-refractivity contribution in [1.82, 2.24) is 4.98 Å². The average Bonchev–Trinajstić information content (AvgIpc) is 2.05. The molecule has 0 aliphatic carbocycles. The van der Waals surface area contributed by atoms with E-state index in [1.165, 1.54) is 0 Å². The first-order valence-corrected chi connectivity index (χ1v) is 3.56. The number of aromatic nitrogens is 1. The van der Waals surface area contributed by atoms with E-state index in [0.717, 1.165) is 11.4 Å².